The summed E-state index contributed by atoms with van der Waals surface area (Å²) in [5.74, 6) is 0.437. The maximum Gasteiger partial charge on any atom is 0.500 e. The van der Waals surface area contributed by atoms with E-state index in [1.807, 2.05) is 11.9 Å². The van der Waals surface area contributed by atoms with Crippen LogP contribution in [0.4, 0.5) is 0 Å². The number of carbonyl (C=O) groups is 1. The van der Waals surface area contributed by atoms with Gasteiger partial charge in [-0.25, -0.2) is 0 Å². The first-order valence-corrected chi connectivity index (χ1v) is 18.6. The Kier molecular flexibility index (Phi) is 19.6. The largest absolute Gasteiger partial charge is 0.500 e. The molecule has 11 nitrogen and oxygen atoms in total. The van der Waals surface area contributed by atoms with Crippen molar-refractivity contribution in [1.29, 1.82) is 0 Å². The molecular formula is C23H53NO10Si3. The van der Waals surface area contributed by atoms with Crippen molar-refractivity contribution in [2.75, 3.05) is 77.6 Å². The van der Waals surface area contributed by atoms with E-state index < -0.39 is 26.4 Å². The van der Waals surface area contributed by atoms with Crippen molar-refractivity contribution >= 4 is 32.3 Å². The Morgan fingerprint density at radius 2 is 0.892 bits per heavy atom. The second-order valence-electron chi connectivity index (χ2n) is 9.02. The molecule has 0 aliphatic rings. The molecular weight excluding hydrogens is 535 g/mol. The monoisotopic (exact) mass is 587 g/mol. The lowest BCUT2D eigenvalue weighted by atomic mass is 9.97. The molecule has 0 spiro atoms. The maximum absolute atomic E-state index is 12.9. The fourth-order valence-electron chi connectivity index (χ4n) is 4.51. The Morgan fingerprint density at radius 3 is 1.22 bits per heavy atom. The highest BCUT2D eigenvalue weighted by atomic mass is 28.4. The van der Waals surface area contributed by atoms with Gasteiger partial charge < -0.3 is 44.7 Å². The van der Waals surface area contributed by atoms with Gasteiger partial charge in [-0.05, 0) is 44.4 Å². The summed E-state index contributed by atoms with van der Waals surface area (Å²) in [4.78, 5) is 14.7. The summed E-state index contributed by atoms with van der Waals surface area (Å²) in [6.45, 7) is 0.675. The molecule has 0 aromatic heterocycles. The van der Waals surface area contributed by atoms with Crippen LogP contribution in [-0.4, -0.2) is 115 Å². The first kappa shape index (κ1) is 36.8. The van der Waals surface area contributed by atoms with Gasteiger partial charge in [0, 0.05) is 102 Å². The van der Waals surface area contributed by atoms with Gasteiger partial charge in [0.2, 0.25) is 5.91 Å². The van der Waals surface area contributed by atoms with E-state index in [1.165, 1.54) is 0 Å². The Hall–Kier alpha value is -0.239. The van der Waals surface area contributed by atoms with E-state index in [-0.39, 0.29) is 5.91 Å². The average molecular weight is 588 g/mol. The molecule has 0 bridgehead atoms. The summed E-state index contributed by atoms with van der Waals surface area (Å²) in [6, 6.07) is 2.13. The predicted octanol–water partition coefficient (Wildman–Crippen LogP) is 3.43. The lowest BCUT2D eigenvalue weighted by molar-refractivity contribution is -0.130. The van der Waals surface area contributed by atoms with Gasteiger partial charge in [0.25, 0.3) is 0 Å². The van der Waals surface area contributed by atoms with E-state index in [4.69, 9.17) is 39.8 Å². The highest BCUT2D eigenvalue weighted by Crippen LogP contribution is 2.25. The van der Waals surface area contributed by atoms with Crippen LogP contribution in [-0.2, 0) is 44.6 Å². The van der Waals surface area contributed by atoms with E-state index in [9.17, 15) is 4.79 Å². The standard InChI is InChI=1S/C23H53NO10Si3/c1-24(23(25)17-11-12-18-35(26-2,27-3)28-4)21-22(15-13-19-36(29-5,30-6)31-7)16-14-20-37(32-8,33-9)34-10/h22H,11-21H2,1-10H3. The summed E-state index contributed by atoms with van der Waals surface area (Å²) in [5.41, 5.74) is 0. The smallest absolute Gasteiger partial charge is 0.377 e. The van der Waals surface area contributed by atoms with Gasteiger partial charge in [-0.1, -0.05) is 0 Å². The van der Waals surface area contributed by atoms with Gasteiger partial charge in [-0.3, -0.25) is 4.79 Å². The molecule has 0 radical (unpaired) electrons. The summed E-state index contributed by atoms with van der Waals surface area (Å²) >= 11 is 0. The van der Waals surface area contributed by atoms with Crippen molar-refractivity contribution in [2.24, 2.45) is 5.92 Å². The summed E-state index contributed by atoms with van der Waals surface area (Å²) in [7, 11) is 8.62. The lowest BCUT2D eigenvalue weighted by Gasteiger charge is -2.28. The van der Waals surface area contributed by atoms with Crippen LogP contribution in [0.15, 0.2) is 0 Å². The lowest BCUT2D eigenvalue weighted by Crippen LogP contribution is -2.43. The molecule has 0 aromatic rings. The van der Waals surface area contributed by atoms with Gasteiger partial charge in [0.05, 0.1) is 0 Å². The zero-order valence-electron chi connectivity index (χ0n) is 24.9. The third-order valence-electron chi connectivity index (χ3n) is 7.07. The van der Waals surface area contributed by atoms with Crippen LogP contribution in [0.1, 0.15) is 44.9 Å². The van der Waals surface area contributed by atoms with E-state index in [2.05, 4.69) is 0 Å². The minimum atomic E-state index is -2.63. The molecule has 0 saturated heterocycles. The quantitative estimate of drug-likeness (QED) is 0.123. The zero-order chi connectivity index (χ0) is 28.4. The molecule has 0 saturated carbocycles. The highest BCUT2D eigenvalue weighted by Gasteiger charge is 2.39. The number of hydrogen-bond acceptors (Lipinski definition) is 10. The molecule has 0 unspecified atom stereocenters. The van der Waals surface area contributed by atoms with Gasteiger partial charge in [-0.15, -0.1) is 0 Å². The molecule has 222 valence electrons. The van der Waals surface area contributed by atoms with Crippen molar-refractivity contribution in [2.45, 2.75) is 63.1 Å². The molecule has 0 atom stereocenters. The molecule has 0 aromatic carbocycles. The van der Waals surface area contributed by atoms with Crippen molar-refractivity contribution in [1.82, 2.24) is 4.90 Å². The van der Waals surface area contributed by atoms with Crippen LogP contribution in [0.5, 0.6) is 0 Å². The van der Waals surface area contributed by atoms with Crippen molar-refractivity contribution < 1.29 is 44.6 Å². The molecule has 0 aliphatic carbocycles. The molecule has 37 heavy (non-hydrogen) atoms. The molecule has 0 N–H and O–H groups in total. The number of nitrogens with zero attached hydrogens (tertiary/aromatic N) is 1. The first-order valence-electron chi connectivity index (χ1n) is 12.8. The molecule has 0 fully saturated rings. The Balaban J connectivity index is 5.01. The summed E-state index contributed by atoms with van der Waals surface area (Å²) in [5, 5.41) is 0. The van der Waals surface area contributed by atoms with Crippen molar-refractivity contribution in [3.05, 3.63) is 0 Å². The van der Waals surface area contributed by atoms with Crippen LogP contribution in [0.3, 0.4) is 0 Å². The van der Waals surface area contributed by atoms with Crippen molar-refractivity contribution in [3.63, 3.8) is 0 Å². The van der Waals surface area contributed by atoms with Crippen LogP contribution < -0.4 is 0 Å². The number of hydrogen-bond donors (Lipinski definition) is 0. The molecule has 0 aliphatic heterocycles. The van der Waals surface area contributed by atoms with Gasteiger partial charge >= 0.3 is 26.4 Å². The normalized spacial score (nSPS) is 12.9. The van der Waals surface area contributed by atoms with Crippen LogP contribution >= 0.6 is 0 Å². The third kappa shape index (κ3) is 12.7. The van der Waals surface area contributed by atoms with E-state index >= 15 is 0 Å². The molecule has 0 rings (SSSR count). The van der Waals surface area contributed by atoms with E-state index in [0.29, 0.717) is 24.9 Å². The van der Waals surface area contributed by atoms with Gasteiger partial charge in [0.15, 0.2) is 0 Å². The van der Waals surface area contributed by atoms with E-state index in [1.54, 1.807) is 64.0 Å². The SMILES string of the molecule is CO[Si](CCCCC(=O)N(C)CC(CCC[Si](OC)(OC)OC)CCC[Si](OC)(OC)OC)(OC)OC. The topological polar surface area (TPSA) is 103 Å². The zero-order valence-corrected chi connectivity index (χ0v) is 27.9. The molecule has 0 heterocycles. The average Bonchev–Trinajstić information content (AvgIpc) is 2.94. The van der Waals surface area contributed by atoms with E-state index in [0.717, 1.165) is 50.6 Å². The minimum absolute atomic E-state index is 0.133. The Labute approximate surface area is 228 Å². The number of unbranched alkanes of at least 4 members (excludes halogenated alkanes) is 1. The van der Waals surface area contributed by atoms with Crippen LogP contribution in [0, 0.1) is 5.92 Å². The number of amides is 1. The number of carbonyl (C=O) groups excluding carboxylic acids is 1. The Bertz CT molecular complexity index is 542. The summed E-state index contributed by atoms with van der Waals surface area (Å²) < 4.78 is 49.8. The van der Waals surface area contributed by atoms with Crippen LogP contribution in [0.2, 0.25) is 18.1 Å². The van der Waals surface area contributed by atoms with Gasteiger partial charge in [-0.2, -0.15) is 0 Å². The fourth-order valence-corrected chi connectivity index (χ4v) is 9.80. The third-order valence-corrected chi connectivity index (χ3v) is 15.6. The molecule has 1 amide bonds. The predicted molar refractivity (Wildman–Crippen MR) is 148 cm³/mol. The second-order valence-corrected chi connectivity index (χ2v) is 18.3. The van der Waals surface area contributed by atoms with Crippen LogP contribution in [0.25, 0.3) is 0 Å². The second kappa shape index (κ2) is 19.8. The summed E-state index contributed by atoms with van der Waals surface area (Å²) in [6.07, 6.45) is 5.65. The fraction of sp³-hybridized carbons (Fsp3) is 0.957. The minimum Gasteiger partial charge on any atom is -0.377 e. The maximum atomic E-state index is 12.9. The highest BCUT2D eigenvalue weighted by molar-refractivity contribution is 6.61. The van der Waals surface area contributed by atoms with Gasteiger partial charge in [0.1, 0.15) is 0 Å². The molecule has 14 heteroatoms. The Morgan fingerprint density at radius 1 is 0.568 bits per heavy atom. The first-order chi connectivity index (χ1) is 17.6. The number of rotatable bonds is 24. The van der Waals surface area contributed by atoms with Crippen molar-refractivity contribution in [3.8, 4) is 0 Å².